The summed E-state index contributed by atoms with van der Waals surface area (Å²) in [5.41, 5.74) is 0.150. The first-order valence-corrected chi connectivity index (χ1v) is 5.19. The highest BCUT2D eigenvalue weighted by Gasteiger charge is 2.19. The summed E-state index contributed by atoms with van der Waals surface area (Å²) >= 11 is 5.71. The molecule has 0 atom stereocenters. The van der Waals surface area contributed by atoms with E-state index in [0.717, 1.165) is 0 Å². The van der Waals surface area contributed by atoms with Crippen molar-refractivity contribution in [1.82, 2.24) is 0 Å². The Hall–Kier alpha value is -1.03. The van der Waals surface area contributed by atoms with E-state index in [2.05, 4.69) is 4.74 Å². The van der Waals surface area contributed by atoms with Gasteiger partial charge in [0, 0.05) is 0 Å². The highest BCUT2D eigenvalue weighted by molar-refractivity contribution is 6.43. The van der Waals surface area contributed by atoms with Crippen molar-refractivity contribution in [1.29, 1.82) is 0 Å². The lowest BCUT2D eigenvalue weighted by molar-refractivity contribution is -0.141. The molecule has 0 saturated heterocycles. The van der Waals surface area contributed by atoms with Gasteiger partial charge in [0.25, 0.3) is 0 Å². The van der Waals surface area contributed by atoms with E-state index in [1.165, 1.54) is 0 Å². The van der Waals surface area contributed by atoms with E-state index in [1.54, 1.807) is 20.8 Å². The minimum atomic E-state index is -0.691. The normalized spacial score (nSPS) is 11.7. The Kier molecular flexibility index (Phi) is 6.79. The maximum atomic E-state index is 11.4. The molecule has 0 N–H and O–H groups in total. The van der Waals surface area contributed by atoms with Crippen LogP contribution in [0.2, 0.25) is 0 Å². The predicted molar refractivity (Wildman–Crippen MR) is 56.4 cm³/mol. The van der Waals surface area contributed by atoms with Crippen LogP contribution in [0.3, 0.4) is 0 Å². The molecule has 0 aromatic carbocycles. The van der Waals surface area contributed by atoms with Crippen LogP contribution in [0.4, 0.5) is 0 Å². The Morgan fingerprint density at radius 3 is 1.87 bits per heavy atom. The molecule has 0 spiro atoms. The molecule has 86 valence electrons. The van der Waals surface area contributed by atoms with Gasteiger partial charge in [0.2, 0.25) is 0 Å². The van der Waals surface area contributed by atoms with E-state index in [9.17, 15) is 9.59 Å². The number of carbonyl (C=O) groups excluding carboxylic acids is 2. The summed E-state index contributed by atoms with van der Waals surface area (Å²) in [4.78, 5) is 22.6. The van der Waals surface area contributed by atoms with Gasteiger partial charge in [-0.2, -0.15) is 0 Å². The van der Waals surface area contributed by atoms with Crippen molar-refractivity contribution >= 4 is 23.5 Å². The van der Waals surface area contributed by atoms with Gasteiger partial charge in [0.1, 0.15) is 5.03 Å². The number of halogens is 1. The van der Waals surface area contributed by atoms with Crippen LogP contribution < -0.4 is 0 Å². The molecular formula is C10H15ClO4. The zero-order valence-corrected chi connectivity index (χ0v) is 9.89. The van der Waals surface area contributed by atoms with E-state index in [0.29, 0.717) is 6.42 Å². The molecule has 0 aromatic rings. The fourth-order valence-corrected chi connectivity index (χ4v) is 1.19. The van der Waals surface area contributed by atoms with Gasteiger partial charge in [-0.15, -0.1) is 0 Å². The second-order valence-corrected chi connectivity index (χ2v) is 2.96. The Morgan fingerprint density at radius 2 is 1.47 bits per heavy atom. The monoisotopic (exact) mass is 234 g/mol. The third kappa shape index (κ3) is 4.34. The first-order chi connectivity index (χ1) is 7.08. The van der Waals surface area contributed by atoms with Crippen LogP contribution in [0.15, 0.2) is 10.6 Å². The van der Waals surface area contributed by atoms with Crippen LogP contribution in [0, 0.1) is 0 Å². The molecule has 0 heterocycles. The van der Waals surface area contributed by atoms with Gasteiger partial charge in [0.05, 0.1) is 18.8 Å². The van der Waals surface area contributed by atoms with Gasteiger partial charge >= 0.3 is 11.9 Å². The molecule has 15 heavy (non-hydrogen) atoms. The van der Waals surface area contributed by atoms with Crippen molar-refractivity contribution < 1.29 is 19.1 Å². The summed E-state index contributed by atoms with van der Waals surface area (Å²) in [6, 6.07) is 0. The topological polar surface area (TPSA) is 52.6 Å². The largest absolute Gasteiger partial charge is 0.463 e. The van der Waals surface area contributed by atoms with Crippen LogP contribution >= 0.6 is 11.6 Å². The number of ether oxygens (including phenoxy) is 2. The molecule has 0 saturated carbocycles. The van der Waals surface area contributed by atoms with Gasteiger partial charge in [-0.25, -0.2) is 9.59 Å². The Morgan fingerprint density at radius 1 is 1.00 bits per heavy atom. The van der Waals surface area contributed by atoms with E-state index >= 15 is 0 Å². The number of hydrogen-bond acceptors (Lipinski definition) is 4. The molecule has 0 amide bonds. The first-order valence-electron chi connectivity index (χ1n) is 4.81. The number of esters is 2. The molecule has 0 bridgehead atoms. The molecule has 0 aliphatic heterocycles. The van der Waals surface area contributed by atoms with E-state index < -0.39 is 11.9 Å². The van der Waals surface area contributed by atoms with Crippen molar-refractivity contribution in [3.8, 4) is 0 Å². The lowest BCUT2D eigenvalue weighted by Gasteiger charge is -2.07. The number of rotatable bonds is 5. The highest BCUT2D eigenvalue weighted by atomic mass is 35.5. The molecule has 0 aliphatic carbocycles. The molecule has 5 heteroatoms. The summed E-state index contributed by atoms with van der Waals surface area (Å²) in [5.74, 6) is -1.26. The summed E-state index contributed by atoms with van der Waals surface area (Å²) in [6.07, 6.45) is 0.330. The second kappa shape index (κ2) is 7.29. The smallest absolute Gasteiger partial charge is 0.350 e. The minimum absolute atomic E-state index is 0.150. The van der Waals surface area contributed by atoms with Crippen LogP contribution in [0.1, 0.15) is 27.2 Å². The maximum absolute atomic E-state index is 11.4. The standard InChI is InChI=1S/C10H15ClO4/c1-4-7(9(12)14-5-2)8(11)10(13)15-6-3/h4-6H2,1-3H3. The van der Waals surface area contributed by atoms with Gasteiger partial charge in [-0.05, 0) is 20.3 Å². The molecular weight excluding hydrogens is 220 g/mol. The van der Waals surface area contributed by atoms with Gasteiger partial charge < -0.3 is 9.47 Å². The Bertz CT molecular complexity index is 271. The van der Waals surface area contributed by atoms with Crippen molar-refractivity contribution in [3.63, 3.8) is 0 Å². The molecule has 4 nitrogen and oxygen atoms in total. The fourth-order valence-electron chi connectivity index (χ4n) is 0.925. The number of carbonyl (C=O) groups is 2. The number of hydrogen-bond donors (Lipinski definition) is 0. The van der Waals surface area contributed by atoms with Crippen LogP contribution in [-0.2, 0) is 19.1 Å². The fraction of sp³-hybridized carbons (Fsp3) is 0.600. The van der Waals surface area contributed by atoms with E-state index in [-0.39, 0.29) is 23.8 Å². The quantitative estimate of drug-likeness (QED) is 0.540. The third-order valence-electron chi connectivity index (χ3n) is 1.59. The highest BCUT2D eigenvalue weighted by Crippen LogP contribution is 2.16. The zero-order valence-electron chi connectivity index (χ0n) is 9.13. The van der Waals surface area contributed by atoms with Gasteiger partial charge in [0.15, 0.2) is 0 Å². The summed E-state index contributed by atoms with van der Waals surface area (Å²) in [6.45, 7) is 5.53. The van der Waals surface area contributed by atoms with Crippen molar-refractivity contribution in [2.24, 2.45) is 0 Å². The molecule has 0 radical (unpaired) electrons. The van der Waals surface area contributed by atoms with E-state index in [1.807, 2.05) is 0 Å². The molecule has 0 aromatic heterocycles. The summed E-state index contributed by atoms with van der Waals surface area (Å²) in [5, 5.41) is -0.196. The Balaban J connectivity index is 4.80. The van der Waals surface area contributed by atoms with E-state index in [4.69, 9.17) is 16.3 Å². The van der Waals surface area contributed by atoms with Crippen molar-refractivity contribution in [2.45, 2.75) is 27.2 Å². The van der Waals surface area contributed by atoms with Crippen LogP contribution in [-0.4, -0.2) is 25.2 Å². The Labute approximate surface area is 94.2 Å². The van der Waals surface area contributed by atoms with Crippen LogP contribution in [0.25, 0.3) is 0 Å². The molecule has 0 unspecified atom stereocenters. The second-order valence-electron chi connectivity index (χ2n) is 2.59. The summed E-state index contributed by atoms with van der Waals surface area (Å²) < 4.78 is 9.43. The maximum Gasteiger partial charge on any atom is 0.350 e. The minimum Gasteiger partial charge on any atom is -0.463 e. The summed E-state index contributed by atoms with van der Waals surface area (Å²) in [7, 11) is 0. The van der Waals surface area contributed by atoms with Crippen LogP contribution in [0.5, 0.6) is 0 Å². The lowest BCUT2D eigenvalue weighted by Crippen LogP contribution is -2.13. The molecule has 0 fully saturated rings. The predicted octanol–water partition coefficient (Wildman–Crippen LogP) is 2.02. The van der Waals surface area contributed by atoms with Gasteiger partial charge in [-0.3, -0.25) is 0 Å². The average Bonchev–Trinajstić information content (AvgIpc) is 2.19. The molecule has 0 aliphatic rings. The first kappa shape index (κ1) is 14.0. The van der Waals surface area contributed by atoms with Crippen molar-refractivity contribution in [3.05, 3.63) is 10.6 Å². The zero-order chi connectivity index (χ0) is 11.8. The lowest BCUT2D eigenvalue weighted by atomic mass is 10.2. The average molecular weight is 235 g/mol. The SMILES string of the molecule is CCOC(=O)C(Cl)=C(CC)C(=O)OCC. The van der Waals surface area contributed by atoms with Crippen molar-refractivity contribution in [2.75, 3.05) is 13.2 Å². The molecule has 0 rings (SSSR count). The third-order valence-corrected chi connectivity index (χ3v) is 1.98. The van der Waals surface area contributed by atoms with Gasteiger partial charge in [-0.1, -0.05) is 18.5 Å².